The lowest BCUT2D eigenvalue weighted by molar-refractivity contribution is -0.183. The third-order valence-corrected chi connectivity index (χ3v) is 11.0. The Morgan fingerprint density at radius 3 is 2.62 bits per heavy atom. The van der Waals surface area contributed by atoms with Crippen LogP contribution in [0.1, 0.15) is 46.5 Å². The van der Waals surface area contributed by atoms with Crippen molar-refractivity contribution < 1.29 is 29.3 Å². The van der Waals surface area contributed by atoms with Gasteiger partial charge in [0.1, 0.15) is 5.60 Å². The molecular formula is C33H39N3O6. The number of hydrogen-bond donors (Lipinski definition) is 3. The molecule has 0 radical (unpaired) electrons. The van der Waals surface area contributed by atoms with Crippen LogP contribution in [0.25, 0.3) is 11.3 Å². The van der Waals surface area contributed by atoms with Crippen molar-refractivity contribution in [2.75, 3.05) is 11.9 Å². The molecule has 8 atom stereocenters. The predicted octanol–water partition coefficient (Wildman–Crippen LogP) is 4.46. The monoisotopic (exact) mass is 573 g/mol. The highest BCUT2D eigenvalue weighted by Crippen LogP contribution is 2.68. The number of benzene rings is 1. The van der Waals surface area contributed by atoms with Gasteiger partial charge in [-0.2, -0.15) is 5.10 Å². The summed E-state index contributed by atoms with van der Waals surface area (Å²) in [5.41, 5.74) is 0.220. The second-order valence-corrected chi connectivity index (χ2v) is 13.2. The van der Waals surface area contributed by atoms with Crippen molar-refractivity contribution in [3.63, 3.8) is 0 Å². The van der Waals surface area contributed by atoms with Gasteiger partial charge in [-0.25, -0.2) is 4.79 Å². The van der Waals surface area contributed by atoms with Gasteiger partial charge in [-0.05, 0) is 73.8 Å². The average molecular weight is 574 g/mol. The van der Waals surface area contributed by atoms with E-state index in [1.807, 2.05) is 51.4 Å². The van der Waals surface area contributed by atoms with Gasteiger partial charge in [0.15, 0.2) is 12.4 Å². The van der Waals surface area contributed by atoms with Crippen LogP contribution in [0.5, 0.6) is 0 Å². The molecule has 42 heavy (non-hydrogen) atoms. The summed E-state index contributed by atoms with van der Waals surface area (Å²) >= 11 is 0. The topological polar surface area (TPSA) is 131 Å². The zero-order valence-corrected chi connectivity index (χ0v) is 24.5. The van der Waals surface area contributed by atoms with E-state index >= 15 is 0 Å². The first-order chi connectivity index (χ1) is 19.9. The lowest BCUT2D eigenvalue weighted by atomic mass is 9.46. The van der Waals surface area contributed by atoms with E-state index in [4.69, 9.17) is 4.74 Å². The van der Waals surface area contributed by atoms with Gasteiger partial charge in [0, 0.05) is 41.2 Å². The molecule has 3 saturated carbocycles. The number of amides is 1. The Kier molecular flexibility index (Phi) is 6.81. The Labute approximate surface area is 245 Å². The zero-order valence-electron chi connectivity index (χ0n) is 24.5. The molecule has 4 aliphatic rings. The standard InChI is InChI=1S/C33H39N3O6/c1-19-15-25-24-10-7-21-16-23(37)11-13-31(21,2)29(24)27(38)17-32(25,3)33(19,41)28(39)18-42-30(40)34-22-8-5-20(6-9-22)26-12-14-36(4)35-26/h5-6,8-9,11-14,16,19,24-25,27,29,38,41H,7,10,15,17-18H2,1-4H3,(H,34,40)/t19-,24?,25?,27+,29?,31?,32?,33+/m1/s1. The zero-order chi connectivity index (χ0) is 30.0. The van der Waals surface area contributed by atoms with Crippen molar-refractivity contribution in [3.8, 4) is 11.3 Å². The molecule has 0 spiro atoms. The first-order valence-corrected chi connectivity index (χ1v) is 14.8. The maximum atomic E-state index is 13.7. The van der Waals surface area contributed by atoms with Crippen molar-refractivity contribution in [2.24, 2.45) is 41.5 Å². The minimum Gasteiger partial charge on any atom is -0.441 e. The van der Waals surface area contributed by atoms with Gasteiger partial charge in [-0.3, -0.25) is 19.6 Å². The molecule has 4 aliphatic carbocycles. The number of fused-ring (bicyclic) bond motifs is 5. The number of ether oxygens (including phenoxy) is 1. The Morgan fingerprint density at radius 1 is 1.19 bits per heavy atom. The molecule has 0 saturated heterocycles. The number of Topliss-reactive ketones (excluding diaryl/α,β-unsaturated/α-hetero) is 1. The molecule has 0 aliphatic heterocycles. The normalized spacial score (nSPS) is 36.9. The number of rotatable bonds is 5. The van der Waals surface area contributed by atoms with Gasteiger partial charge < -0.3 is 14.9 Å². The molecule has 9 nitrogen and oxygen atoms in total. The summed E-state index contributed by atoms with van der Waals surface area (Å²) in [6.07, 6.45) is 8.00. The fourth-order valence-electron chi connectivity index (χ4n) is 8.94. The van der Waals surface area contributed by atoms with Crippen molar-refractivity contribution in [2.45, 2.75) is 58.2 Å². The summed E-state index contributed by atoms with van der Waals surface area (Å²) in [5, 5.41) is 30.7. The van der Waals surface area contributed by atoms with E-state index < -0.39 is 41.0 Å². The third-order valence-electron chi connectivity index (χ3n) is 11.0. The summed E-state index contributed by atoms with van der Waals surface area (Å²) in [6, 6.07) is 9.02. The molecule has 3 N–H and O–H groups in total. The van der Waals surface area contributed by atoms with Crippen LogP contribution in [0.2, 0.25) is 0 Å². The van der Waals surface area contributed by atoms with Crippen LogP contribution in [0.3, 0.4) is 0 Å². The summed E-state index contributed by atoms with van der Waals surface area (Å²) in [6.45, 7) is 5.32. The number of ketones is 2. The summed E-state index contributed by atoms with van der Waals surface area (Å²) in [5.74, 6) is -0.944. The van der Waals surface area contributed by atoms with Crippen molar-refractivity contribution >= 4 is 23.3 Å². The Hall–Kier alpha value is -3.56. The predicted molar refractivity (Wildman–Crippen MR) is 156 cm³/mol. The minimum atomic E-state index is -1.75. The second kappa shape index (κ2) is 10.0. The van der Waals surface area contributed by atoms with Crippen LogP contribution in [0.4, 0.5) is 10.5 Å². The Bertz CT molecular complexity index is 1490. The Balaban J connectivity index is 1.14. The van der Waals surface area contributed by atoms with Crippen LogP contribution in [-0.2, 0) is 21.4 Å². The first kappa shape index (κ1) is 28.6. The highest BCUT2D eigenvalue weighted by Gasteiger charge is 2.70. The molecule has 1 aromatic heterocycles. The average Bonchev–Trinajstić information content (AvgIpc) is 3.47. The summed E-state index contributed by atoms with van der Waals surface area (Å²) in [7, 11) is 1.84. The highest BCUT2D eigenvalue weighted by atomic mass is 16.6. The lowest BCUT2D eigenvalue weighted by Crippen LogP contribution is -2.62. The molecule has 0 bridgehead atoms. The van der Waals surface area contributed by atoms with Crippen LogP contribution >= 0.6 is 0 Å². The van der Waals surface area contributed by atoms with E-state index in [0.717, 1.165) is 29.7 Å². The van der Waals surface area contributed by atoms with Gasteiger partial charge in [0.2, 0.25) is 5.78 Å². The maximum absolute atomic E-state index is 13.7. The van der Waals surface area contributed by atoms with Crippen LogP contribution in [0.15, 0.2) is 60.3 Å². The number of nitrogens with one attached hydrogen (secondary N) is 1. The van der Waals surface area contributed by atoms with Crippen molar-refractivity contribution in [1.29, 1.82) is 0 Å². The summed E-state index contributed by atoms with van der Waals surface area (Å²) in [4.78, 5) is 38.4. The maximum Gasteiger partial charge on any atom is 0.412 e. The van der Waals surface area contributed by atoms with Gasteiger partial charge in [0.25, 0.3) is 0 Å². The number of allylic oxidation sites excluding steroid dienone is 4. The van der Waals surface area contributed by atoms with Crippen LogP contribution in [-0.4, -0.2) is 56.0 Å². The molecule has 222 valence electrons. The van der Waals surface area contributed by atoms with E-state index in [-0.39, 0.29) is 35.9 Å². The molecule has 3 fully saturated rings. The number of aliphatic hydroxyl groups excluding tert-OH is 1. The van der Waals surface area contributed by atoms with E-state index in [2.05, 4.69) is 17.3 Å². The Morgan fingerprint density at radius 2 is 1.93 bits per heavy atom. The van der Waals surface area contributed by atoms with Crippen molar-refractivity contribution in [1.82, 2.24) is 9.78 Å². The molecule has 1 aromatic carbocycles. The number of nitrogens with zero attached hydrogens (tertiary/aromatic N) is 2. The van der Waals surface area contributed by atoms with E-state index in [1.54, 1.807) is 29.0 Å². The molecule has 6 rings (SSSR count). The minimum absolute atomic E-state index is 0.00528. The van der Waals surface area contributed by atoms with Crippen LogP contribution < -0.4 is 5.32 Å². The van der Waals surface area contributed by atoms with E-state index in [0.29, 0.717) is 12.1 Å². The fourth-order valence-corrected chi connectivity index (χ4v) is 8.94. The molecule has 5 unspecified atom stereocenters. The molecule has 9 heteroatoms. The highest BCUT2D eigenvalue weighted by molar-refractivity contribution is 6.01. The first-order valence-electron chi connectivity index (χ1n) is 14.8. The van der Waals surface area contributed by atoms with Gasteiger partial charge >= 0.3 is 6.09 Å². The van der Waals surface area contributed by atoms with Gasteiger partial charge in [-0.15, -0.1) is 0 Å². The fraction of sp³-hybridized carbons (Fsp3) is 0.515. The number of carbonyl (C=O) groups excluding carboxylic acids is 3. The number of aryl methyl sites for hydroxylation is 1. The smallest absolute Gasteiger partial charge is 0.412 e. The molecule has 1 amide bonds. The largest absolute Gasteiger partial charge is 0.441 e. The molecular weight excluding hydrogens is 534 g/mol. The van der Waals surface area contributed by atoms with Crippen molar-refractivity contribution in [3.05, 3.63) is 60.3 Å². The number of aliphatic hydroxyl groups is 2. The van der Waals surface area contributed by atoms with Gasteiger partial charge in [-0.1, -0.05) is 44.6 Å². The SMILES string of the molecule is C[C@@H]1CC2C3CCC4=CC(=O)C=CC4(C)C3[C@@H](O)CC2(C)[C@@]1(O)C(=O)COC(=O)Nc1ccc(-c2ccn(C)n2)cc1. The second-order valence-electron chi connectivity index (χ2n) is 13.2. The summed E-state index contributed by atoms with van der Waals surface area (Å²) < 4.78 is 7.03. The van der Waals surface area contributed by atoms with Crippen LogP contribution in [0, 0.1) is 34.5 Å². The van der Waals surface area contributed by atoms with Gasteiger partial charge in [0.05, 0.1) is 11.8 Å². The molecule has 1 heterocycles. The lowest BCUT2D eigenvalue weighted by Gasteiger charge is -2.59. The number of carbonyl (C=O) groups is 3. The number of hydrogen-bond acceptors (Lipinski definition) is 7. The number of aromatic nitrogens is 2. The quantitative estimate of drug-likeness (QED) is 0.481. The number of anilines is 1. The van der Waals surface area contributed by atoms with E-state index in [1.165, 1.54) is 0 Å². The van der Waals surface area contributed by atoms with E-state index in [9.17, 15) is 24.6 Å². The third kappa shape index (κ3) is 4.28. The molecule has 2 aromatic rings.